The number of aliphatic hydroxyl groups is 1. The molecule has 0 radical (unpaired) electrons. The molecule has 1 amide bonds. The van der Waals surface area contributed by atoms with E-state index in [-0.39, 0.29) is 11.3 Å². The Kier molecular flexibility index (Phi) is 6.59. The number of likely N-dealkylation sites (tertiary alicyclic amines) is 1. The van der Waals surface area contributed by atoms with Gasteiger partial charge in [0, 0.05) is 12.1 Å². The second-order valence-corrected chi connectivity index (χ2v) is 8.10. The fraction of sp³-hybridized carbons (Fsp3) is 0.214. The second kappa shape index (κ2) is 9.74. The van der Waals surface area contributed by atoms with E-state index in [0.717, 1.165) is 16.7 Å². The van der Waals surface area contributed by atoms with Gasteiger partial charge < -0.3 is 14.7 Å². The van der Waals surface area contributed by atoms with Crippen LogP contribution in [-0.2, 0) is 16.0 Å². The maximum atomic E-state index is 13.1. The molecule has 1 atom stereocenters. The molecule has 0 bridgehead atoms. The number of rotatable bonds is 7. The average molecular weight is 442 g/mol. The largest absolute Gasteiger partial charge is 0.507 e. The van der Waals surface area contributed by atoms with Crippen LogP contribution in [0.5, 0.6) is 5.75 Å². The highest BCUT2D eigenvalue weighted by molar-refractivity contribution is 6.46. The standard InChI is InChI=1S/C28H27NO4/c1-3-33-23-15-13-22(14-16-23)26(30)24-25(21-11-9-19(2)10-12-21)29(28(32)27(24)31)18-17-20-7-5-4-6-8-20/h4-16,25,30H,3,17-18H2,1-2H3. The lowest BCUT2D eigenvalue weighted by molar-refractivity contribution is -0.139. The normalized spacial score (nSPS) is 17.4. The molecular formula is C28H27NO4. The number of ether oxygens (including phenoxy) is 1. The average Bonchev–Trinajstić information content (AvgIpc) is 3.09. The summed E-state index contributed by atoms with van der Waals surface area (Å²) < 4.78 is 5.47. The molecule has 1 unspecified atom stereocenters. The molecule has 0 aromatic heterocycles. The third-order valence-corrected chi connectivity index (χ3v) is 5.86. The van der Waals surface area contributed by atoms with E-state index in [1.807, 2.05) is 68.4 Å². The van der Waals surface area contributed by atoms with Crippen LogP contribution in [0.4, 0.5) is 0 Å². The van der Waals surface area contributed by atoms with Crippen LogP contribution in [0, 0.1) is 6.92 Å². The van der Waals surface area contributed by atoms with Crippen molar-refractivity contribution in [1.82, 2.24) is 4.90 Å². The fourth-order valence-electron chi connectivity index (χ4n) is 4.13. The van der Waals surface area contributed by atoms with E-state index in [9.17, 15) is 14.7 Å². The van der Waals surface area contributed by atoms with Gasteiger partial charge in [-0.1, -0.05) is 60.2 Å². The molecule has 0 saturated carbocycles. The van der Waals surface area contributed by atoms with Gasteiger partial charge in [0.25, 0.3) is 11.7 Å². The summed E-state index contributed by atoms with van der Waals surface area (Å²) in [5.74, 6) is -0.763. The minimum absolute atomic E-state index is 0.112. The first kappa shape index (κ1) is 22.3. The number of carbonyl (C=O) groups is 2. The van der Waals surface area contributed by atoms with E-state index < -0.39 is 17.7 Å². The Hall–Kier alpha value is -3.86. The van der Waals surface area contributed by atoms with Crippen molar-refractivity contribution >= 4 is 17.4 Å². The molecule has 33 heavy (non-hydrogen) atoms. The summed E-state index contributed by atoms with van der Waals surface area (Å²) in [6, 6.07) is 23.8. The van der Waals surface area contributed by atoms with Gasteiger partial charge in [0.05, 0.1) is 18.2 Å². The van der Waals surface area contributed by atoms with Crippen LogP contribution in [0.15, 0.2) is 84.4 Å². The van der Waals surface area contributed by atoms with E-state index >= 15 is 0 Å². The molecule has 3 aromatic rings. The predicted octanol–water partition coefficient (Wildman–Crippen LogP) is 5.06. The van der Waals surface area contributed by atoms with Gasteiger partial charge in [-0.3, -0.25) is 9.59 Å². The quantitative estimate of drug-likeness (QED) is 0.316. The van der Waals surface area contributed by atoms with Crippen molar-refractivity contribution in [2.75, 3.05) is 13.2 Å². The lowest BCUT2D eigenvalue weighted by atomic mass is 9.94. The third-order valence-electron chi connectivity index (χ3n) is 5.86. The van der Waals surface area contributed by atoms with Gasteiger partial charge in [0.1, 0.15) is 11.5 Å². The van der Waals surface area contributed by atoms with Crippen LogP contribution < -0.4 is 4.74 Å². The van der Waals surface area contributed by atoms with Crippen LogP contribution in [0.1, 0.15) is 35.2 Å². The molecule has 1 N–H and O–H groups in total. The van der Waals surface area contributed by atoms with Crippen molar-refractivity contribution in [3.8, 4) is 5.75 Å². The number of nitrogens with zero attached hydrogens (tertiary/aromatic N) is 1. The van der Waals surface area contributed by atoms with Crippen molar-refractivity contribution in [3.05, 3.63) is 107 Å². The molecule has 4 rings (SSSR count). The Bertz CT molecular complexity index is 1160. The Labute approximate surface area is 193 Å². The Morgan fingerprint density at radius 1 is 0.939 bits per heavy atom. The summed E-state index contributed by atoms with van der Waals surface area (Å²) >= 11 is 0. The van der Waals surface area contributed by atoms with Crippen molar-refractivity contribution in [2.24, 2.45) is 0 Å². The maximum Gasteiger partial charge on any atom is 0.295 e. The minimum Gasteiger partial charge on any atom is -0.507 e. The van der Waals surface area contributed by atoms with E-state index in [2.05, 4.69) is 0 Å². The topological polar surface area (TPSA) is 66.8 Å². The number of benzene rings is 3. The number of carbonyl (C=O) groups excluding carboxylic acids is 2. The summed E-state index contributed by atoms with van der Waals surface area (Å²) in [4.78, 5) is 27.8. The minimum atomic E-state index is -0.667. The second-order valence-electron chi connectivity index (χ2n) is 8.10. The molecule has 1 saturated heterocycles. The predicted molar refractivity (Wildman–Crippen MR) is 128 cm³/mol. The number of Topliss-reactive ketones (excluding diaryl/α,β-unsaturated/α-hetero) is 1. The van der Waals surface area contributed by atoms with Crippen molar-refractivity contribution < 1.29 is 19.4 Å². The third kappa shape index (κ3) is 4.67. The molecule has 5 nitrogen and oxygen atoms in total. The number of amides is 1. The summed E-state index contributed by atoms with van der Waals surface area (Å²) in [5, 5.41) is 11.2. The number of aryl methyl sites for hydroxylation is 1. The first-order valence-electron chi connectivity index (χ1n) is 11.1. The molecule has 1 heterocycles. The van der Waals surface area contributed by atoms with Gasteiger partial charge in [-0.15, -0.1) is 0 Å². The zero-order valence-corrected chi connectivity index (χ0v) is 18.8. The number of hydrogen-bond acceptors (Lipinski definition) is 4. The smallest absolute Gasteiger partial charge is 0.295 e. The van der Waals surface area contributed by atoms with Gasteiger partial charge >= 0.3 is 0 Å². The van der Waals surface area contributed by atoms with Crippen LogP contribution in [0.2, 0.25) is 0 Å². The lowest BCUT2D eigenvalue weighted by Crippen LogP contribution is -2.31. The van der Waals surface area contributed by atoms with Crippen molar-refractivity contribution in [1.29, 1.82) is 0 Å². The fourth-order valence-corrected chi connectivity index (χ4v) is 4.13. The summed E-state index contributed by atoms with van der Waals surface area (Å²) in [6.45, 7) is 4.78. The van der Waals surface area contributed by atoms with Crippen LogP contribution in [0.3, 0.4) is 0 Å². The monoisotopic (exact) mass is 441 g/mol. The van der Waals surface area contributed by atoms with Gasteiger partial charge in [0.15, 0.2) is 0 Å². The molecule has 0 spiro atoms. The van der Waals surface area contributed by atoms with Gasteiger partial charge in [-0.05, 0) is 55.7 Å². The zero-order chi connectivity index (χ0) is 23.4. The molecule has 3 aromatic carbocycles. The van der Waals surface area contributed by atoms with Gasteiger partial charge in [0.2, 0.25) is 0 Å². The first-order chi connectivity index (χ1) is 16.0. The van der Waals surface area contributed by atoms with E-state index in [4.69, 9.17) is 4.74 Å². The summed E-state index contributed by atoms with van der Waals surface area (Å²) in [6.07, 6.45) is 0.610. The van der Waals surface area contributed by atoms with E-state index in [1.54, 1.807) is 29.2 Å². The molecule has 1 aliphatic heterocycles. The van der Waals surface area contributed by atoms with Crippen LogP contribution >= 0.6 is 0 Å². The molecule has 5 heteroatoms. The molecule has 1 aliphatic rings. The van der Waals surface area contributed by atoms with Crippen molar-refractivity contribution in [2.45, 2.75) is 26.3 Å². The Morgan fingerprint density at radius 2 is 1.61 bits per heavy atom. The van der Waals surface area contributed by atoms with Crippen molar-refractivity contribution in [3.63, 3.8) is 0 Å². The van der Waals surface area contributed by atoms with Gasteiger partial charge in [-0.25, -0.2) is 0 Å². The Balaban J connectivity index is 1.75. The van der Waals surface area contributed by atoms with Crippen LogP contribution in [0.25, 0.3) is 5.76 Å². The Morgan fingerprint density at radius 3 is 2.24 bits per heavy atom. The number of hydrogen-bond donors (Lipinski definition) is 1. The van der Waals surface area contributed by atoms with E-state index in [1.165, 1.54) is 0 Å². The maximum absolute atomic E-state index is 13.1. The zero-order valence-electron chi connectivity index (χ0n) is 18.8. The summed E-state index contributed by atoms with van der Waals surface area (Å²) in [7, 11) is 0. The molecule has 0 aliphatic carbocycles. The van der Waals surface area contributed by atoms with Crippen LogP contribution in [-0.4, -0.2) is 34.8 Å². The highest BCUT2D eigenvalue weighted by Crippen LogP contribution is 2.39. The van der Waals surface area contributed by atoms with E-state index in [0.29, 0.717) is 30.9 Å². The SMILES string of the molecule is CCOc1ccc(C(O)=C2C(=O)C(=O)N(CCc3ccccc3)C2c2ccc(C)cc2)cc1. The molecular weight excluding hydrogens is 414 g/mol. The molecule has 1 fully saturated rings. The number of aliphatic hydroxyl groups excluding tert-OH is 1. The highest BCUT2D eigenvalue weighted by Gasteiger charge is 2.45. The first-order valence-corrected chi connectivity index (χ1v) is 11.1. The highest BCUT2D eigenvalue weighted by atomic mass is 16.5. The van der Waals surface area contributed by atoms with Gasteiger partial charge in [-0.2, -0.15) is 0 Å². The lowest BCUT2D eigenvalue weighted by Gasteiger charge is -2.25. The summed E-state index contributed by atoms with van der Waals surface area (Å²) in [5.41, 5.74) is 3.53. The number of ketones is 1. The molecule has 168 valence electrons.